The standard InChI is InChI=1S/C13H19ClN2O4S/c1-15-3-5-16(6-4-15)21(18,19)12-8-11(14)7-10(9-17)13(12)20-2/h7-8,17H,3-6,9H2,1-2H3. The van der Waals surface area contributed by atoms with Gasteiger partial charge in [-0.05, 0) is 19.2 Å². The van der Waals surface area contributed by atoms with Crippen LogP contribution in [0, 0.1) is 0 Å². The minimum absolute atomic E-state index is 0.00565. The summed E-state index contributed by atoms with van der Waals surface area (Å²) < 4.78 is 32.2. The summed E-state index contributed by atoms with van der Waals surface area (Å²) in [5.74, 6) is 0.154. The van der Waals surface area contributed by atoms with Crippen molar-refractivity contribution in [3.8, 4) is 5.75 Å². The second-order valence-electron chi connectivity index (χ2n) is 4.96. The number of benzene rings is 1. The molecule has 6 nitrogen and oxygen atoms in total. The number of ether oxygens (including phenoxy) is 1. The summed E-state index contributed by atoms with van der Waals surface area (Å²) in [6.45, 7) is 1.85. The molecular weight excluding hydrogens is 316 g/mol. The Balaban J connectivity index is 2.46. The van der Waals surface area contributed by atoms with Crippen molar-refractivity contribution in [3.05, 3.63) is 22.7 Å². The monoisotopic (exact) mass is 334 g/mol. The first kappa shape index (κ1) is 16.5. The van der Waals surface area contributed by atoms with Crippen LogP contribution in [0.25, 0.3) is 0 Å². The molecule has 8 heteroatoms. The molecule has 0 atom stereocenters. The third-order valence-corrected chi connectivity index (χ3v) is 5.67. The third kappa shape index (κ3) is 3.32. The fourth-order valence-electron chi connectivity index (χ4n) is 2.33. The molecule has 0 radical (unpaired) electrons. The van der Waals surface area contributed by atoms with E-state index in [0.29, 0.717) is 31.7 Å². The Bertz CT molecular complexity index is 613. The summed E-state index contributed by atoms with van der Waals surface area (Å²) in [4.78, 5) is 2.08. The number of likely N-dealkylation sites (N-methyl/N-ethyl adjacent to an activating group) is 1. The molecule has 1 saturated heterocycles. The number of hydrogen-bond acceptors (Lipinski definition) is 5. The predicted molar refractivity (Wildman–Crippen MR) is 80.2 cm³/mol. The molecule has 1 heterocycles. The van der Waals surface area contributed by atoms with Gasteiger partial charge in [0.15, 0.2) is 0 Å². The molecule has 1 aromatic carbocycles. The van der Waals surface area contributed by atoms with Gasteiger partial charge >= 0.3 is 0 Å². The zero-order chi connectivity index (χ0) is 15.6. The van der Waals surface area contributed by atoms with Crippen LogP contribution in [0.5, 0.6) is 5.75 Å². The van der Waals surface area contributed by atoms with Gasteiger partial charge in [-0.25, -0.2) is 8.42 Å². The number of hydrogen-bond donors (Lipinski definition) is 1. The van der Waals surface area contributed by atoms with Crippen molar-refractivity contribution < 1.29 is 18.3 Å². The summed E-state index contributed by atoms with van der Waals surface area (Å²) in [6.07, 6.45) is 0. The Morgan fingerprint density at radius 3 is 2.43 bits per heavy atom. The number of nitrogens with zero attached hydrogens (tertiary/aromatic N) is 2. The summed E-state index contributed by atoms with van der Waals surface area (Å²) in [5.41, 5.74) is 0.359. The second-order valence-corrected chi connectivity index (χ2v) is 7.30. The van der Waals surface area contributed by atoms with Gasteiger partial charge in [-0.3, -0.25) is 0 Å². The second kappa shape index (κ2) is 6.50. The normalized spacial score (nSPS) is 17.9. The average molecular weight is 335 g/mol. The van der Waals surface area contributed by atoms with Crippen LogP contribution in [0.3, 0.4) is 0 Å². The van der Waals surface area contributed by atoms with Crippen molar-refractivity contribution >= 4 is 21.6 Å². The Hall–Kier alpha value is -0.860. The molecule has 118 valence electrons. The number of methoxy groups -OCH3 is 1. The highest BCUT2D eigenvalue weighted by Crippen LogP contribution is 2.34. The lowest BCUT2D eigenvalue weighted by Gasteiger charge is -2.32. The smallest absolute Gasteiger partial charge is 0.246 e. The quantitative estimate of drug-likeness (QED) is 0.881. The zero-order valence-electron chi connectivity index (χ0n) is 12.0. The minimum Gasteiger partial charge on any atom is -0.495 e. The highest BCUT2D eigenvalue weighted by atomic mass is 35.5. The molecule has 0 aliphatic carbocycles. The van der Waals surface area contributed by atoms with Gasteiger partial charge in [-0.1, -0.05) is 11.6 Å². The molecule has 1 aliphatic heterocycles. The van der Waals surface area contributed by atoms with E-state index in [4.69, 9.17) is 16.3 Å². The van der Waals surface area contributed by atoms with Crippen LogP contribution in [0.2, 0.25) is 5.02 Å². The molecule has 0 amide bonds. The van der Waals surface area contributed by atoms with Gasteiger partial charge in [-0.15, -0.1) is 0 Å². The first-order valence-electron chi connectivity index (χ1n) is 6.56. The third-order valence-electron chi connectivity index (χ3n) is 3.55. The van der Waals surface area contributed by atoms with Crippen molar-refractivity contribution in [2.45, 2.75) is 11.5 Å². The number of halogens is 1. The summed E-state index contributed by atoms with van der Waals surface area (Å²) in [7, 11) is -0.365. The molecule has 1 aliphatic rings. The summed E-state index contributed by atoms with van der Waals surface area (Å²) in [5, 5.41) is 9.61. The Kier molecular flexibility index (Phi) is 5.11. The predicted octanol–water partition coefficient (Wildman–Crippen LogP) is 0.777. The molecule has 0 bridgehead atoms. The van der Waals surface area contributed by atoms with E-state index in [9.17, 15) is 13.5 Å². The Morgan fingerprint density at radius 1 is 1.29 bits per heavy atom. The first-order valence-corrected chi connectivity index (χ1v) is 8.38. The lowest BCUT2D eigenvalue weighted by Crippen LogP contribution is -2.47. The van der Waals surface area contributed by atoms with E-state index in [1.165, 1.54) is 23.5 Å². The summed E-state index contributed by atoms with van der Waals surface area (Å²) >= 11 is 5.97. The van der Waals surface area contributed by atoms with Gasteiger partial charge in [0.1, 0.15) is 10.6 Å². The van der Waals surface area contributed by atoms with Crippen molar-refractivity contribution in [1.29, 1.82) is 0 Å². The molecule has 1 aromatic rings. The lowest BCUT2D eigenvalue weighted by atomic mass is 10.2. The van der Waals surface area contributed by atoms with Crippen molar-refractivity contribution in [2.24, 2.45) is 0 Å². The Morgan fingerprint density at radius 2 is 1.90 bits per heavy atom. The molecule has 1 N–H and O–H groups in total. The zero-order valence-corrected chi connectivity index (χ0v) is 13.6. The van der Waals surface area contributed by atoms with Gasteiger partial charge in [-0.2, -0.15) is 4.31 Å². The lowest BCUT2D eigenvalue weighted by molar-refractivity contribution is 0.222. The molecule has 1 fully saturated rings. The number of piperazine rings is 1. The van der Waals surface area contributed by atoms with Gasteiger partial charge in [0.25, 0.3) is 0 Å². The molecular formula is C13H19ClN2O4S. The van der Waals surface area contributed by atoms with E-state index in [1.54, 1.807) is 0 Å². The minimum atomic E-state index is -3.70. The van der Waals surface area contributed by atoms with Crippen molar-refractivity contribution in [2.75, 3.05) is 40.3 Å². The van der Waals surface area contributed by atoms with Crippen LogP contribution in [0.4, 0.5) is 0 Å². The number of rotatable bonds is 4. The highest BCUT2D eigenvalue weighted by molar-refractivity contribution is 7.89. The average Bonchev–Trinajstić information content (AvgIpc) is 2.46. The van der Waals surface area contributed by atoms with Crippen LogP contribution < -0.4 is 4.74 Å². The largest absolute Gasteiger partial charge is 0.495 e. The van der Waals surface area contributed by atoms with Crippen LogP contribution in [0.1, 0.15) is 5.56 Å². The highest BCUT2D eigenvalue weighted by Gasteiger charge is 2.31. The maximum Gasteiger partial charge on any atom is 0.246 e. The van der Waals surface area contributed by atoms with Crippen LogP contribution in [-0.2, 0) is 16.6 Å². The fraction of sp³-hybridized carbons (Fsp3) is 0.538. The van der Waals surface area contributed by atoms with Crippen molar-refractivity contribution in [3.63, 3.8) is 0 Å². The van der Waals surface area contributed by atoms with Gasteiger partial charge < -0.3 is 14.7 Å². The summed E-state index contributed by atoms with van der Waals surface area (Å²) in [6, 6.07) is 2.87. The van der Waals surface area contributed by atoms with E-state index in [0.717, 1.165) is 0 Å². The van der Waals surface area contributed by atoms with E-state index < -0.39 is 10.0 Å². The van der Waals surface area contributed by atoms with Gasteiger partial charge in [0, 0.05) is 36.8 Å². The van der Waals surface area contributed by atoms with Gasteiger partial charge in [0.05, 0.1) is 13.7 Å². The topological polar surface area (TPSA) is 70.1 Å². The molecule has 0 aromatic heterocycles. The van der Waals surface area contributed by atoms with Crippen molar-refractivity contribution in [1.82, 2.24) is 9.21 Å². The van der Waals surface area contributed by atoms with E-state index in [-0.39, 0.29) is 22.3 Å². The molecule has 0 spiro atoms. The Labute approximate surface area is 129 Å². The SMILES string of the molecule is COc1c(CO)cc(Cl)cc1S(=O)(=O)N1CCN(C)CC1. The van der Waals surface area contributed by atoms with Gasteiger partial charge in [0.2, 0.25) is 10.0 Å². The molecule has 21 heavy (non-hydrogen) atoms. The molecule has 0 unspecified atom stereocenters. The fourth-order valence-corrected chi connectivity index (χ4v) is 4.28. The molecule has 2 rings (SSSR count). The van der Waals surface area contributed by atoms with E-state index >= 15 is 0 Å². The molecule has 0 saturated carbocycles. The maximum atomic E-state index is 12.8. The van der Waals surface area contributed by atoms with Crippen LogP contribution in [-0.4, -0.2) is 63.1 Å². The number of aliphatic hydroxyl groups excluding tert-OH is 1. The van der Waals surface area contributed by atoms with E-state index in [2.05, 4.69) is 4.90 Å². The number of aliphatic hydroxyl groups is 1. The van der Waals surface area contributed by atoms with Crippen LogP contribution >= 0.6 is 11.6 Å². The first-order chi connectivity index (χ1) is 9.90. The maximum absolute atomic E-state index is 12.8. The van der Waals surface area contributed by atoms with Crippen LogP contribution in [0.15, 0.2) is 17.0 Å². The van der Waals surface area contributed by atoms with E-state index in [1.807, 2.05) is 7.05 Å². The number of sulfonamides is 1.